The van der Waals surface area contributed by atoms with E-state index in [2.05, 4.69) is 19.9 Å². The van der Waals surface area contributed by atoms with Crippen molar-refractivity contribution in [2.24, 2.45) is 0 Å². The SMILES string of the molecule is Nc1nc(C(=O)C(F)(F)F)nc2nc[nH]c12. The number of alkyl halides is 3. The predicted octanol–water partition coefficient (Wildman–Crippen LogP) is 0.680. The van der Waals surface area contributed by atoms with E-state index < -0.39 is 17.8 Å². The van der Waals surface area contributed by atoms with Crippen LogP contribution in [0.1, 0.15) is 10.6 Å². The zero-order chi connectivity index (χ0) is 11.9. The number of ketones is 1. The zero-order valence-corrected chi connectivity index (χ0v) is 7.54. The van der Waals surface area contributed by atoms with Gasteiger partial charge in [0.2, 0.25) is 5.82 Å². The number of hydrogen-bond donors (Lipinski definition) is 2. The molecule has 2 heterocycles. The van der Waals surface area contributed by atoms with Gasteiger partial charge in [-0.1, -0.05) is 0 Å². The number of nitrogens with one attached hydrogen (secondary N) is 1. The maximum atomic E-state index is 12.1. The van der Waals surface area contributed by atoms with Crippen LogP contribution < -0.4 is 5.73 Å². The molecule has 0 bridgehead atoms. The molecule has 0 saturated heterocycles. The number of halogens is 3. The van der Waals surface area contributed by atoms with Gasteiger partial charge in [0, 0.05) is 0 Å². The number of Topliss-reactive ketones (excluding diaryl/α,β-unsaturated/α-hetero) is 1. The second kappa shape index (κ2) is 3.15. The van der Waals surface area contributed by atoms with Gasteiger partial charge in [-0.05, 0) is 0 Å². The summed E-state index contributed by atoms with van der Waals surface area (Å²) in [5.41, 5.74) is 5.45. The summed E-state index contributed by atoms with van der Waals surface area (Å²) in [6.45, 7) is 0. The summed E-state index contributed by atoms with van der Waals surface area (Å²) < 4.78 is 36.3. The highest BCUT2D eigenvalue weighted by molar-refractivity contribution is 5.99. The predicted molar refractivity (Wildman–Crippen MR) is 46.5 cm³/mol. The number of fused-ring (bicyclic) bond motifs is 1. The van der Waals surface area contributed by atoms with Crippen LogP contribution in [0.4, 0.5) is 19.0 Å². The first-order valence-corrected chi connectivity index (χ1v) is 3.97. The van der Waals surface area contributed by atoms with Crippen molar-refractivity contribution < 1.29 is 18.0 Å². The van der Waals surface area contributed by atoms with Crippen molar-refractivity contribution >= 4 is 22.8 Å². The minimum Gasteiger partial charge on any atom is -0.382 e. The number of nitrogen functional groups attached to an aromatic ring is 1. The second-order valence-corrected chi connectivity index (χ2v) is 2.86. The van der Waals surface area contributed by atoms with Crippen LogP contribution in [-0.4, -0.2) is 31.9 Å². The molecule has 0 atom stereocenters. The van der Waals surface area contributed by atoms with Gasteiger partial charge < -0.3 is 10.7 Å². The summed E-state index contributed by atoms with van der Waals surface area (Å²) in [5, 5.41) is 0. The van der Waals surface area contributed by atoms with Crippen LogP contribution >= 0.6 is 0 Å². The van der Waals surface area contributed by atoms with Gasteiger partial charge in [0.1, 0.15) is 5.52 Å². The number of hydrogen-bond acceptors (Lipinski definition) is 5. The first-order chi connectivity index (χ1) is 7.39. The van der Waals surface area contributed by atoms with Crippen LogP contribution in [0.5, 0.6) is 0 Å². The molecule has 0 aliphatic rings. The van der Waals surface area contributed by atoms with E-state index in [-0.39, 0.29) is 17.0 Å². The third-order valence-corrected chi connectivity index (χ3v) is 1.77. The summed E-state index contributed by atoms with van der Waals surface area (Å²) in [6.07, 6.45) is -3.84. The van der Waals surface area contributed by atoms with Crippen molar-refractivity contribution in [3.8, 4) is 0 Å². The quantitative estimate of drug-likeness (QED) is 0.703. The Morgan fingerprint density at radius 1 is 1.38 bits per heavy atom. The van der Waals surface area contributed by atoms with Crippen molar-refractivity contribution in [1.29, 1.82) is 0 Å². The normalized spacial score (nSPS) is 11.9. The third-order valence-electron chi connectivity index (χ3n) is 1.77. The molecule has 2 aromatic rings. The average molecular weight is 231 g/mol. The molecule has 0 radical (unpaired) electrons. The van der Waals surface area contributed by atoms with E-state index in [9.17, 15) is 18.0 Å². The van der Waals surface area contributed by atoms with Gasteiger partial charge in [-0.2, -0.15) is 13.2 Å². The highest BCUT2D eigenvalue weighted by Gasteiger charge is 2.41. The molecule has 0 aromatic carbocycles. The van der Waals surface area contributed by atoms with Gasteiger partial charge >= 0.3 is 12.0 Å². The lowest BCUT2D eigenvalue weighted by atomic mass is 10.3. The number of rotatable bonds is 1. The molecule has 0 saturated carbocycles. The Kier molecular flexibility index (Phi) is 2.04. The van der Waals surface area contributed by atoms with Gasteiger partial charge in [0.05, 0.1) is 6.33 Å². The molecule has 0 fully saturated rings. The number of H-pyrrole nitrogens is 1. The molecule has 0 spiro atoms. The van der Waals surface area contributed by atoms with Crippen LogP contribution in [0.2, 0.25) is 0 Å². The minimum atomic E-state index is -5.03. The van der Waals surface area contributed by atoms with E-state index in [1.807, 2.05) is 0 Å². The molecular weight excluding hydrogens is 227 g/mol. The summed E-state index contributed by atoms with van der Waals surface area (Å²) >= 11 is 0. The Balaban J connectivity index is 2.58. The number of nitrogens with zero attached hydrogens (tertiary/aromatic N) is 3. The fourth-order valence-electron chi connectivity index (χ4n) is 1.08. The van der Waals surface area contributed by atoms with E-state index in [1.54, 1.807) is 0 Å². The van der Waals surface area contributed by atoms with Gasteiger partial charge in [0.25, 0.3) is 0 Å². The van der Waals surface area contributed by atoms with Crippen LogP contribution in [0, 0.1) is 0 Å². The van der Waals surface area contributed by atoms with Gasteiger partial charge in [-0.15, -0.1) is 0 Å². The lowest BCUT2D eigenvalue weighted by molar-refractivity contribution is -0.0891. The molecular formula is C7H4F3N5O. The lowest BCUT2D eigenvalue weighted by Crippen LogP contribution is -2.25. The molecule has 84 valence electrons. The van der Waals surface area contributed by atoms with Crippen LogP contribution in [0.25, 0.3) is 11.2 Å². The summed E-state index contributed by atoms with van der Waals surface area (Å²) in [4.78, 5) is 23.6. The van der Waals surface area contributed by atoms with E-state index in [1.165, 1.54) is 6.33 Å². The summed E-state index contributed by atoms with van der Waals surface area (Å²) in [6, 6.07) is 0. The molecule has 9 heteroatoms. The number of nitrogens with two attached hydrogens (primary N) is 1. The Bertz CT molecular complexity index is 561. The number of anilines is 1. The van der Waals surface area contributed by atoms with Gasteiger partial charge in [0.15, 0.2) is 11.5 Å². The molecule has 16 heavy (non-hydrogen) atoms. The fourth-order valence-corrected chi connectivity index (χ4v) is 1.08. The van der Waals surface area contributed by atoms with Crippen molar-refractivity contribution in [2.45, 2.75) is 6.18 Å². The molecule has 0 aliphatic heterocycles. The van der Waals surface area contributed by atoms with Crippen LogP contribution in [0.3, 0.4) is 0 Å². The maximum absolute atomic E-state index is 12.1. The zero-order valence-electron chi connectivity index (χ0n) is 7.54. The number of imidazole rings is 1. The molecule has 2 rings (SSSR count). The minimum absolute atomic E-state index is 0.0832. The molecule has 0 unspecified atom stereocenters. The number of aromatic nitrogens is 4. The van der Waals surface area contributed by atoms with E-state index in [4.69, 9.17) is 5.73 Å². The van der Waals surface area contributed by atoms with Crippen LogP contribution in [-0.2, 0) is 0 Å². The molecule has 2 aromatic heterocycles. The topological polar surface area (TPSA) is 97.6 Å². The molecule has 0 amide bonds. The van der Waals surface area contributed by atoms with E-state index in [0.29, 0.717) is 0 Å². The Hall–Kier alpha value is -2.19. The molecule has 3 N–H and O–H groups in total. The maximum Gasteiger partial charge on any atom is 0.458 e. The largest absolute Gasteiger partial charge is 0.458 e. The third kappa shape index (κ3) is 1.55. The Labute approximate surface area is 85.7 Å². The van der Waals surface area contributed by atoms with Gasteiger partial charge in [-0.3, -0.25) is 4.79 Å². The fraction of sp³-hybridized carbons (Fsp3) is 0.143. The second-order valence-electron chi connectivity index (χ2n) is 2.86. The van der Waals surface area contributed by atoms with Crippen molar-refractivity contribution in [3.05, 3.63) is 12.2 Å². The highest BCUT2D eigenvalue weighted by Crippen LogP contribution is 2.21. The standard InChI is InChI=1S/C7H4F3N5O/c8-7(9,10)3(16)6-14-4(11)2-5(15-6)13-1-12-2/h1H,(H3,11,12,13,14,15). The van der Waals surface area contributed by atoms with Crippen LogP contribution in [0.15, 0.2) is 6.33 Å². The summed E-state index contributed by atoms with van der Waals surface area (Å²) in [7, 11) is 0. The Morgan fingerprint density at radius 2 is 2.06 bits per heavy atom. The molecule has 6 nitrogen and oxygen atoms in total. The van der Waals surface area contributed by atoms with Gasteiger partial charge in [-0.25, -0.2) is 15.0 Å². The highest BCUT2D eigenvalue weighted by atomic mass is 19.4. The first-order valence-electron chi connectivity index (χ1n) is 3.97. The van der Waals surface area contributed by atoms with Crippen molar-refractivity contribution in [3.63, 3.8) is 0 Å². The number of carbonyl (C=O) groups is 1. The van der Waals surface area contributed by atoms with E-state index in [0.717, 1.165) is 0 Å². The number of aromatic amines is 1. The van der Waals surface area contributed by atoms with Crippen molar-refractivity contribution in [1.82, 2.24) is 19.9 Å². The summed E-state index contributed by atoms with van der Waals surface area (Å²) in [5.74, 6) is -3.41. The Morgan fingerprint density at radius 3 is 2.69 bits per heavy atom. The monoisotopic (exact) mass is 231 g/mol. The van der Waals surface area contributed by atoms with E-state index >= 15 is 0 Å². The smallest absolute Gasteiger partial charge is 0.382 e. The van der Waals surface area contributed by atoms with Crippen molar-refractivity contribution in [2.75, 3.05) is 5.73 Å². The average Bonchev–Trinajstić information content (AvgIpc) is 2.63. The number of carbonyl (C=O) groups excluding carboxylic acids is 1. The molecule has 0 aliphatic carbocycles. The first kappa shape index (κ1) is 10.3. The lowest BCUT2D eigenvalue weighted by Gasteiger charge is -2.03.